The molecule has 11 heteroatoms. The molecule has 4 heterocycles. The number of anilines is 1. The van der Waals surface area contributed by atoms with Gasteiger partial charge in [0.15, 0.2) is 5.82 Å². The summed E-state index contributed by atoms with van der Waals surface area (Å²) >= 11 is 0. The van der Waals surface area contributed by atoms with Crippen LogP contribution < -0.4 is 16.4 Å². The summed E-state index contributed by atoms with van der Waals surface area (Å²) < 4.78 is 4.61. The number of nitrogens with zero attached hydrogens (tertiary/aromatic N) is 8. The van der Waals surface area contributed by atoms with E-state index in [1.165, 1.54) is 21.6 Å². The fourth-order valence-corrected chi connectivity index (χ4v) is 4.02. The maximum Gasteiger partial charge on any atom is 0.267 e. The molecule has 0 unspecified atom stereocenters. The number of hydrogen-bond donors (Lipinski definition) is 1. The van der Waals surface area contributed by atoms with Crippen LogP contribution in [0.4, 0.5) is 5.95 Å². The first-order valence-corrected chi connectivity index (χ1v) is 10.1. The SMILES string of the molecule is Cn1c(NC2CCC(n3nc(-n4cncn4)ccc3=O)CC2)nc2cnccc2c1=O. The van der Waals surface area contributed by atoms with Crippen molar-refractivity contribution in [2.75, 3.05) is 5.32 Å². The van der Waals surface area contributed by atoms with E-state index < -0.39 is 0 Å². The summed E-state index contributed by atoms with van der Waals surface area (Å²) in [5, 5.41) is 12.5. The molecule has 1 saturated carbocycles. The van der Waals surface area contributed by atoms with Gasteiger partial charge in [-0.3, -0.25) is 19.1 Å². The minimum absolute atomic E-state index is 0.00611. The zero-order valence-electron chi connectivity index (χ0n) is 16.9. The van der Waals surface area contributed by atoms with Crippen molar-refractivity contribution in [3.63, 3.8) is 0 Å². The highest BCUT2D eigenvalue weighted by Gasteiger charge is 2.25. The molecule has 1 N–H and O–H groups in total. The second-order valence-corrected chi connectivity index (χ2v) is 7.66. The Kier molecular flexibility index (Phi) is 4.77. The molecular weight excluding hydrogens is 398 g/mol. The van der Waals surface area contributed by atoms with Crippen molar-refractivity contribution in [2.24, 2.45) is 7.05 Å². The van der Waals surface area contributed by atoms with E-state index in [0.717, 1.165) is 25.7 Å². The lowest BCUT2D eigenvalue weighted by atomic mass is 9.91. The minimum atomic E-state index is -0.133. The van der Waals surface area contributed by atoms with Gasteiger partial charge in [-0.25, -0.2) is 19.3 Å². The van der Waals surface area contributed by atoms with Gasteiger partial charge in [-0.1, -0.05) is 0 Å². The first-order chi connectivity index (χ1) is 15.1. The Morgan fingerprint density at radius 1 is 1.06 bits per heavy atom. The molecule has 158 valence electrons. The van der Waals surface area contributed by atoms with E-state index in [-0.39, 0.29) is 23.2 Å². The van der Waals surface area contributed by atoms with Gasteiger partial charge in [0.25, 0.3) is 11.1 Å². The average molecular weight is 419 g/mol. The van der Waals surface area contributed by atoms with Crippen LogP contribution in [0, 0.1) is 0 Å². The number of pyridine rings is 1. The number of nitrogens with one attached hydrogen (secondary N) is 1. The van der Waals surface area contributed by atoms with Crippen LogP contribution in [0.25, 0.3) is 16.7 Å². The van der Waals surface area contributed by atoms with Crippen LogP contribution in [-0.4, -0.2) is 45.1 Å². The largest absolute Gasteiger partial charge is 0.353 e. The van der Waals surface area contributed by atoms with Crippen LogP contribution in [0.5, 0.6) is 0 Å². The van der Waals surface area contributed by atoms with Crippen molar-refractivity contribution in [3.05, 3.63) is 64.0 Å². The van der Waals surface area contributed by atoms with Gasteiger partial charge in [0.2, 0.25) is 5.95 Å². The normalized spacial score (nSPS) is 18.9. The molecule has 0 amide bonds. The number of fused-ring (bicyclic) bond motifs is 1. The van der Waals surface area contributed by atoms with Crippen molar-refractivity contribution in [1.82, 2.24) is 39.1 Å². The Bertz CT molecular complexity index is 1340. The maximum absolute atomic E-state index is 12.6. The van der Waals surface area contributed by atoms with E-state index in [2.05, 4.69) is 30.5 Å². The molecule has 31 heavy (non-hydrogen) atoms. The van der Waals surface area contributed by atoms with Crippen molar-refractivity contribution in [2.45, 2.75) is 37.8 Å². The molecule has 4 aromatic heterocycles. The summed E-state index contributed by atoms with van der Waals surface area (Å²) in [5.41, 5.74) is 0.332. The van der Waals surface area contributed by atoms with Crippen LogP contribution in [0.2, 0.25) is 0 Å². The van der Waals surface area contributed by atoms with E-state index in [1.54, 1.807) is 42.6 Å². The van der Waals surface area contributed by atoms with Gasteiger partial charge >= 0.3 is 0 Å². The van der Waals surface area contributed by atoms with Gasteiger partial charge in [0.05, 0.1) is 23.1 Å². The third kappa shape index (κ3) is 3.58. The highest BCUT2D eigenvalue weighted by molar-refractivity contribution is 5.77. The third-order valence-electron chi connectivity index (χ3n) is 5.72. The van der Waals surface area contributed by atoms with E-state index >= 15 is 0 Å². The van der Waals surface area contributed by atoms with Gasteiger partial charge in [0, 0.05) is 25.4 Å². The van der Waals surface area contributed by atoms with Gasteiger partial charge in [0.1, 0.15) is 12.7 Å². The smallest absolute Gasteiger partial charge is 0.267 e. The fourth-order valence-electron chi connectivity index (χ4n) is 4.02. The van der Waals surface area contributed by atoms with E-state index in [4.69, 9.17) is 0 Å². The third-order valence-corrected chi connectivity index (χ3v) is 5.72. The topological polar surface area (TPSA) is 125 Å². The molecular formula is C20H21N9O2. The predicted octanol–water partition coefficient (Wildman–Crippen LogP) is 1.06. The molecule has 5 rings (SSSR count). The van der Waals surface area contributed by atoms with E-state index in [0.29, 0.717) is 22.7 Å². The molecule has 1 fully saturated rings. The average Bonchev–Trinajstić information content (AvgIpc) is 3.33. The highest BCUT2D eigenvalue weighted by Crippen LogP contribution is 2.28. The van der Waals surface area contributed by atoms with Gasteiger partial charge < -0.3 is 5.32 Å². The Labute approximate surface area is 176 Å². The molecule has 0 saturated heterocycles. The molecule has 1 aliphatic carbocycles. The molecule has 0 aliphatic heterocycles. The Morgan fingerprint density at radius 3 is 2.68 bits per heavy atom. The van der Waals surface area contributed by atoms with Gasteiger partial charge in [-0.2, -0.15) is 5.10 Å². The molecule has 0 atom stereocenters. The second-order valence-electron chi connectivity index (χ2n) is 7.66. The quantitative estimate of drug-likeness (QED) is 0.520. The molecule has 1 aliphatic rings. The monoisotopic (exact) mass is 419 g/mol. The lowest BCUT2D eigenvalue weighted by Crippen LogP contribution is -2.35. The van der Waals surface area contributed by atoms with Crippen LogP contribution in [-0.2, 0) is 7.05 Å². The standard InChI is InChI=1S/C20H21N9O2/c1-27-19(31)15-8-9-21-10-16(15)25-20(27)24-13-2-4-14(5-3-13)29-18(30)7-6-17(26-29)28-12-22-11-23-28/h6-14H,2-5H2,1H3,(H,24,25). The summed E-state index contributed by atoms with van der Waals surface area (Å²) in [7, 11) is 1.71. The van der Waals surface area contributed by atoms with Crippen molar-refractivity contribution >= 4 is 16.9 Å². The Balaban J connectivity index is 1.32. The minimum Gasteiger partial charge on any atom is -0.353 e. The molecule has 0 aromatic carbocycles. The molecule has 4 aromatic rings. The first-order valence-electron chi connectivity index (χ1n) is 10.1. The summed E-state index contributed by atoms with van der Waals surface area (Å²) in [6.07, 6.45) is 9.39. The van der Waals surface area contributed by atoms with Crippen molar-refractivity contribution < 1.29 is 0 Å². The second kappa shape index (κ2) is 7.74. The summed E-state index contributed by atoms with van der Waals surface area (Å²) in [6, 6.07) is 4.99. The van der Waals surface area contributed by atoms with E-state index in [9.17, 15) is 9.59 Å². The molecule has 0 radical (unpaired) electrons. The van der Waals surface area contributed by atoms with Crippen LogP contribution in [0.15, 0.2) is 52.8 Å². The number of aromatic nitrogens is 8. The number of rotatable bonds is 4. The highest BCUT2D eigenvalue weighted by atomic mass is 16.1. The maximum atomic E-state index is 12.6. The van der Waals surface area contributed by atoms with Crippen LogP contribution >= 0.6 is 0 Å². The first kappa shape index (κ1) is 19.1. The van der Waals surface area contributed by atoms with Gasteiger partial charge in [-0.15, -0.1) is 5.10 Å². The lowest BCUT2D eigenvalue weighted by Gasteiger charge is -2.30. The number of hydrogen-bond acceptors (Lipinski definition) is 8. The zero-order chi connectivity index (χ0) is 21.4. The van der Waals surface area contributed by atoms with Crippen molar-refractivity contribution in [1.29, 1.82) is 0 Å². The zero-order valence-corrected chi connectivity index (χ0v) is 16.9. The predicted molar refractivity (Wildman–Crippen MR) is 113 cm³/mol. The summed E-state index contributed by atoms with van der Waals surface area (Å²) in [6.45, 7) is 0. The Morgan fingerprint density at radius 2 is 1.90 bits per heavy atom. The van der Waals surface area contributed by atoms with Gasteiger partial charge in [-0.05, 0) is 37.8 Å². The molecule has 11 nitrogen and oxygen atoms in total. The van der Waals surface area contributed by atoms with Crippen LogP contribution in [0.3, 0.4) is 0 Å². The summed E-state index contributed by atoms with van der Waals surface area (Å²) in [5.74, 6) is 1.08. The van der Waals surface area contributed by atoms with E-state index in [1.807, 2.05) is 0 Å². The molecule has 0 spiro atoms. The summed E-state index contributed by atoms with van der Waals surface area (Å²) in [4.78, 5) is 37.6. The van der Waals surface area contributed by atoms with Crippen LogP contribution in [0.1, 0.15) is 31.7 Å². The molecule has 0 bridgehead atoms. The lowest BCUT2D eigenvalue weighted by molar-refractivity contribution is 0.302. The Hall–Kier alpha value is -3.89. The fraction of sp³-hybridized carbons (Fsp3) is 0.350. The van der Waals surface area contributed by atoms with Crippen molar-refractivity contribution in [3.8, 4) is 5.82 Å².